The third-order valence-corrected chi connectivity index (χ3v) is 3.58. The van der Waals surface area contributed by atoms with Gasteiger partial charge in [0.05, 0.1) is 6.10 Å². The lowest BCUT2D eigenvalue weighted by atomic mass is 10.2. The van der Waals surface area contributed by atoms with Crippen LogP contribution >= 0.6 is 15.9 Å². The molecule has 0 spiro atoms. The topological polar surface area (TPSA) is 12.5 Å². The maximum atomic E-state index is 5.36. The van der Waals surface area contributed by atoms with Crippen LogP contribution in [0.3, 0.4) is 0 Å². The molecule has 1 aliphatic rings. The molecule has 0 bridgehead atoms. The minimum atomic E-state index is 0.404. The second-order valence-electron chi connectivity index (χ2n) is 3.89. The highest BCUT2D eigenvalue weighted by atomic mass is 79.9. The summed E-state index contributed by atoms with van der Waals surface area (Å²) >= 11 is 3.45. The van der Waals surface area contributed by atoms with Crippen LogP contribution in [-0.2, 0) is 10.1 Å². The number of rotatable bonds is 3. The molecule has 1 saturated heterocycles. The van der Waals surface area contributed by atoms with Gasteiger partial charge in [-0.15, -0.1) is 0 Å². The summed E-state index contributed by atoms with van der Waals surface area (Å²) < 4.78 is 5.36. The molecule has 1 heterocycles. The number of hydrogen-bond acceptors (Lipinski definition) is 2. The van der Waals surface area contributed by atoms with Crippen LogP contribution in [-0.4, -0.2) is 26.3 Å². The molecule has 1 aliphatic heterocycles. The number of halogens is 1. The third-order valence-electron chi connectivity index (χ3n) is 2.93. The normalized spacial score (nSPS) is 20.9. The van der Waals surface area contributed by atoms with Crippen molar-refractivity contribution in [3.05, 3.63) is 29.8 Å². The maximum absolute atomic E-state index is 5.36. The molecule has 0 radical (unpaired) electrons. The Morgan fingerprint density at radius 3 is 2.67 bits per heavy atom. The molecule has 0 aliphatic carbocycles. The van der Waals surface area contributed by atoms with Crippen molar-refractivity contribution < 1.29 is 4.74 Å². The molecule has 0 N–H and O–H groups in total. The molecular formula is C12H16BrNO. The zero-order chi connectivity index (χ0) is 10.7. The predicted octanol–water partition coefficient (Wildman–Crippen LogP) is 2.81. The average Bonchev–Trinajstić information content (AvgIpc) is 2.78. The molecule has 1 atom stereocenters. The molecular weight excluding hydrogens is 254 g/mol. The van der Waals surface area contributed by atoms with Crippen LogP contribution in [0, 0.1) is 0 Å². The summed E-state index contributed by atoms with van der Waals surface area (Å²) in [6.45, 7) is 2.12. The average molecular weight is 270 g/mol. The number of benzene rings is 1. The highest BCUT2D eigenvalue weighted by Crippen LogP contribution is 2.22. The van der Waals surface area contributed by atoms with E-state index < -0.39 is 0 Å². The molecule has 1 aromatic rings. The van der Waals surface area contributed by atoms with E-state index in [9.17, 15) is 0 Å². The van der Waals surface area contributed by atoms with E-state index in [0.29, 0.717) is 6.10 Å². The van der Waals surface area contributed by atoms with Crippen LogP contribution in [0.15, 0.2) is 24.3 Å². The second-order valence-corrected chi connectivity index (χ2v) is 4.45. The van der Waals surface area contributed by atoms with Gasteiger partial charge in [0.15, 0.2) is 0 Å². The van der Waals surface area contributed by atoms with Gasteiger partial charge in [-0.1, -0.05) is 28.1 Å². The molecule has 2 nitrogen and oxygen atoms in total. The van der Waals surface area contributed by atoms with Gasteiger partial charge in [0.2, 0.25) is 0 Å². The van der Waals surface area contributed by atoms with Crippen molar-refractivity contribution in [1.29, 1.82) is 0 Å². The first kappa shape index (κ1) is 11.0. The third kappa shape index (κ3) is 2.52. The number of methoxy groups -OCH3 is 1. The summed E-state index contributed by atoms with van der Waals surface area (Å²) in [5, 5.41) is 0.925. The van der Waals surface area contributed by atoms with Crippen molar-refractivity contribution >= 4 is 21.6 Å². The molecule has 0 amide bonds. The summed E-state index contributed by atoms with van der Waals surface area (Å²) in [5.74, 6) is 0. The van der Waals surface area contributed by atoms with E-state index in [1.54, 1.807) is 7.11 Å². The van der Waals surface area contributed by atoms with Crippen molar-refractivity contribution in [2.45, 2.75) is 17.9 Å². The minimum Gasteiger partial charge on any atom is -0.380 e. The highest BCUT2D eigenvalue weighted by molar-refractivity contribution is 9.08. The van der Waals surface area contributed by atoms with Crippen LogP contribution in [0.25, 0.3) is 0 Å². The highest BCUT2D eigenvalue weighted by Gasteiger charge is 2.21. The van der Waals surface area contributed by atoms with E-state index in [1.165, 1.54) is 11.3 Å². The number of hydrogen-bond donors (Lipinski definition) is 0. The number of anilines is 1. The van der Waals surface area contributed by atoms with Gasteiger partial charge in [0.1, 0.15) is 0 Å². The van der Waals surface area contributed by atoms with E-state index in [4.69, 9.17) is 4.74 Å². The van der Waals surface area contributed by atoms with Crippen LogP contribution in [0.5, 0.6) is 0 Å². The molecule has 0 aromatic heterocycles. The number of alkyl halides is 1. The van der Waals surface area contributed by atoms with E-state index in [2.05, 4.69) is 45.1 Å². The molecule has 0 saturated carbocycles. The van der Waals surface area contributed by atoms with Crippen LogP contribution in [0.4, 0.5) is 5.69 Å². The lowest BCUT2D eigenvalue weighted by Crippen LogP contribution is -2.21. The van der Waals surface area contributed by atoms with E-state index in [-0.39, 0.29) is 0 Å². The molecule has 3 heteroatoms. The zero-order valence-corrected chi connectivity index (χ0v) is 10.5. The Kier molecular flexibility index (Phi) is 3.65. The van der Waals surface area contributed by atoms with Gasteiger partial charge in [0.25, 0.3) is 0 Å². The van der Waals surface area contributed by atoms with Gasteiger partial charge in [-0.2, -0.15) is 0 Å². The monoisotopic (exact) mass is 269 g/mol. The first-order valence-corrected chi connectivity index (χ1v) is 6.38. The molecule has 1 fully saturated rings. The van der Waals surface area contributed by atoms with Gasteiger partial charge >= 0.3 is 0 Å². The Morgan fingerprint density at radius 2 is 2.13 bits per heavy atom. The standard InChI is InChI=1S/C12H16BrNO/c1-15-12-6-7-14(9-12)11-4-2-10(8-13)3-5-11/h2-5,12H,6-9H2,1H3. The Bertz CT molecular complexity index is 312. The van der Waals surface area contributed by atoms with Crippen molar-refractivity contribution in [3.8, 4) is 0 Å². The Morgan fingerprint density at radius 1 is 1.40 bits per heavy atom. The Hall–Kier alpha value is -0.540. The minimum absolute atomic E-state index is 0.404. The van der Waals surface area contributed by atoms with Gasteiger partial charge in [-0.25, -0.2) is 0 Å². The Labute approximate surface area is 99.4 Å². The van der Waals surface area contributed by atoms with Crippen LogP contribution < -0.4 is 4.90 Å². The second kappa shape index (κ2) is 4.99. The van der Waals surface area contributed by atoms with Crippen molar-refractivity contribution in [1.82, 2.24) is 0 Å². The smallest absolute Gasteiger partial charge is 0.0762 e. The Balaban J connectivity index is 2.04. The summed E-state index contributed by atoms with van der Waals surface area (Å²) in [6.07, 6.45) is 1.54. The first-order valence-electron chi connectivity index (χ1n) is 5.26. The molecule has 2 rings (SSSR count). The summed E-state index contributed by atoms with van der Waals surface area (Å²) in [5.41, 5.74) is 2.63. The fourth-order valence-corrected chi connectivity index (χ4v) is 2.32. The van der Waals surface area contributed by atoms with E-state index in [1.807, 2.05) is 0 Å². The largest absolute Gasteiger partial charge is 0.380 e. The lowest BCUT2D eigenvalue weighted by molar-refractivity contribution is 0.121. The summed E-state index contributed by atoms with van der Waals surface area (Å²) in [6, 6.07) is 8.72. The maximum Gasteiger partial charge on any atom is 0.0762 e. The lowest BCUT2D eigenvalue weighted by Gasteiger charge is -2.18. The number of nitrogens with zero attached hydrogens (tertiary/aromatic N) is 1. The van der Waals surface area contributed by atoms with Gasteiger partial charge in [-0.05, 0) is 24.1 Å². The first-order chi connectivity index (χ1) is 7.33. The molecule has 82 valence electrons. The quantitative estimate of drug-likeness (QED) is 0.783. The van der Waals surface area contributed by atoms with Crippen molar-refractivity contribution in [2.75, 3.05) is 25.1 Å². The number of ether oxygens (including phenoxy) is 1. The zero-order valence-electron chi connectivity index (χ0n) is 8.95. The fourth-order valence-electron chi connectivity index (χ4n) is 1.95. The predicted molar refractivity (Wildman–Crippen MR) is 66.7 cm³/mol. The van der Waals surface area contributed by atoms with Crippen molar-refractivity contribution in [2.24, 2.45) is 0 Å². The molecule has 1 aromatic carbocycles. The van der Waals surface area contributed by atoms with E-state index in [0.717, 1.165) is 24.8 Å². The van der Waals surface area contributed by atoms with Crippen LogP contribution in [0.1, 0.15) is 12.0 Å². The van der Waals surface area contributed by atoms with Crippen molar-refractivity contribution in [3.63, 3.8) is 0 Å². The van der Waals surface area contributed by atoms with Crippen LogP contribution in [0.2, 0.25) is 0 Å². The van der Waals surface area contributed by atoms with E-state index >= 15 is 0 Å². The molecule has 1 unspecified atom stereocenters. The SMILES string of the molecule is COC1CCN(c2ccc(CBr)cc2)C1. The molecule has 15 heavy (non-hydrogen) atoms. The van der Waals surface area contributed by atoms with Gasteiger partial charge in [-0.3, -0.25) is 0 Å². The summed E-state index contributed by atoms with van der Waals surface area (Å²) in [4.78, 5) is 2.38. The van der Waals surface area contributed by atoms with Gasteiger partial charge in [0, 0.05) is 31.2 Å². The van der Waals surface area contributed by atoms with Gasteiger partial charge < -0.3 is 9.64 Å². The summed E-state index contributed by atoms with van der Waals surface area (Å²) in [7, 11) is 1.79. The fraction of sp³-hybridized carbons (Fsp3) is 0.500.